The van der Waals surface area contributed by atoms with Crippen LogP contribution in [0.5, 0.6) is 0 Å². The van der Waals surface area contributed by atoms with Gasteiger partial charge in [-0.1, -0.05) is 0 Å². The zero-order chi connectivity index (χ0) is 12.6. The first-order chi connectivity index (χ1) is 7.88. The Balaban J connectivity index is 1.79. The predicted molar refractivity (Wildman–Crippen MR) is 68.9 cm³/mol. The van der Waals surface area contributed by atoms with Gasteiger partial charge in [-0.2, -0.15) is 0 Å². The van der Waals surface area contributed by atoms with Gasteiger partial charge in [-0.25, -0.2) is 0 Å². The molecule has 2 saturated heterocycles. The molecule has 0 spiro atoms. The Morgan fingerprint density at radius 2 is 1.59 bits per heavy atom. The van der Waals surface area contributed by atoms with Gasteiger partial charge in [-0.3, -0.25) is 9.69 Å². The first-order valence-electron chi connectivity index (χ1n) is 6.60. The van der Waals surface area contributed by atoms with Crippen LogP contribution in [0.2, 0.25) is 0 Å². The van der Waals surface area contributed by atoms with Crippen molar-refractivity contribution in [2.75, 3.05) is 46.3 Å². The Morgan fingerprint density at radius 1 is 1.06 bits per heavy atom. The molecule has 0 aliphatic carbocycles. The Bertz CT molecular complexity index is 284. The maximum Gasteiger partial charge on any atom is 0.228 e. The molecule has 0 saturated carbocycles. The standard InChI is InChI=1S/C13H25N3O/c1-13(2,3)16-9-11(10-16)12(17)15-7-5-14(4)6-8-15/h11H,5-10H2,1-4H3. The van der Waals surface area contributed by atoms with Crippen molar-refractivity contribution < 1.29 is 4.79 Å². The molecule has 0 unspecified atom stereocenters. The molecule has 2 rings (SSSR count). The molecule has 2 aliphatic heterocycles. The molecule has 0 aromatic rings. The Kier molecular flexibility index (Phi) is 3.46. The Hall–Kier alpha value is -0.610. The number of nitrogens with zero attached hydrogens (tertiary/aromatic N) is 3. The van der Waals surface area contributed by atoms with E-state index in [0.717, 1.165) is 39.3 Å². The number of carbonyl (C=O) groups excluding carboxylic acids is 1. The molecular formula is C13H25N3O. The molecule has 0 N–H and O–H groups in total. The average Bonchev–Trinajstić information content (AvgIpc) is 2.13. The van der Waals surface area contributed by atoms with Crippen LogP contribution in [0.1, 0.15) is 20.8 Å². The van der Waals surface area contributed by atoms with Crippen LogP contribution in [0, 0.1) is 5.92 Å². The lowest BCUT2D eigenvalue weighted by Crippen LogP contribution is -2.61. The van der Waals surface area contributed by atoms with E-state index < -0.39 is 0 Å². The van der Waals surface area contributed by atoms with Crippen molar-refractivity contribution in [3.63, 3.8) is 0 Å². The van der Waals surface area contributed by atoms with Crippen LogP contribution in [0.25, 0.3) is 0 Å². The van der Waals surface area contributed by atoms with Crippen molar-refractivity contribution >= 4 is 5.91 Å². The highest BCUT2D eigenvalue weighted by Gasteiger charge is 2.40. The zero-order valence-corrected chi connectivity index (χ0v) is 11.6. The van der Waals surface area contributed by atoms with Crippen molar-refractivity contribution in [2.45, 2.75) is 26.3 Å². The van der Waals surface area contributed by atoms with E-state index in [9.17, 15) is 4.79 Å². The summed E-state index contributed by atoms with van der Waals surface area (Å²) < 4.78 is 0. The van der Waals surface area contributed by atoms with Gasteiger partial charge in [0.25, 0.3) is 0 Å². The number of hydrogen-bond donors (Lipinski definition) is 0. The second kappa shape index (κ2) is 4.58. The summed E-state index contributed by atoms with van der Waals surface area (Å²) in [6.07, 6.45) is 0. The molecule has 0 atom stereocenters. The molecule has 98 valence electrons. The average molecular weight is 239 g/mol. The molecule has 0 radical (unpaired) electrons. The molecule has 2 aliphatic rings. The van der Waals surface area contributed by atoms with Gasteiger partial charge in [0.2, 0.25) is 5.91 Å². The van der Waals surface area contributed by atoms with E-state index in [1.165, 1.54) is 0 Å². The smallest absolute Gasteiger partial charge is 0.228 e. The summed E-state index contributed by atoms with van der Waals surface area (Å²) in [7, 11) is 2.12. The third kappa shape index (κ3) is 2.80. The maximum absolute atomic E-state index is 12.2. The molecule has 2 heterocycles. The maximum atomic E-state index is 12.2. The molecule has 0 bridgehead atoms. The van der Waals surface area contributed by atoms with E-state index in [-0.39, 0.29) is 11.5 Å². The molecule has 2 fully saturated rings. The Morgan fingerprint density at radius 3 is 2.06 bits per heavy atom. The number of rotatable bonds is 1. The lowest BCUT2D eigenvalue weighted by molar-refractivity contribution is -0.145. The zero-order valence-electron chi connectivity index (χ0n) is 11.6. The van der Waals surface area contributed by atoms with Gasteiger partial charge in [-0.05, 0) is 27.8 Å². The fourth-order valence-corrected chi connectivity index (χ4v) is 2.47. The van der Waals surface area contributed by atoms with Gasteiger partial charge in [0, 0.05) is 44.8 Å². The highest BCUT2D eigenvalue weighted by atomic mass is 16.2. The van der Waals surface area contributed by atoms with Crippen molar-refractivity contribution in [1.82, 2.24) is 14.7 Å². The number of piperazine rings is 1. The van der Waals surface area contributed by atoms with E-state index in [0.29, 0.717) is 5.91 Å². The molecule has 4 heteroatoms. The fourth-order valence-electron chi connectivity index (χ4n) is 2.47. The van der Waals surface area contributed by atoms with Gasteiger partial charge in [0.05, 0.1) is 5.92 Å². The normalized spacial score (nSPS) is 24.8. The van der Waals surface area contributed by atoms with Gasteiger partial charge < -0.3 is 9.80 Å². The van der Waals surface area contributed by atoms with E-state index >= 15 is 0 Å². The van der Waals surface area contributed by atoms with E-state index in [1.807, 2.05) is 4.90 Å². The molecule has 0 aromatic carbocycles. The van der Waals surface area contributed by atoms with Crippen LogP contribution in [-0.4, -0.2) is 72.5 Å². The number of carbonyl (C=O) groups is 1. The number of amides is 1. The van der Waals surface area contributed by atoms with Crippen LogP contribution in [0.3, 0.4) is 0 Å². The lowest BCUT2D eigenvalue weighted by Gasteiger charge is -2.48. The van der Waals surface area contributed by atoms with Crippen LogP contribution < -0.4 is 0 Å². The highest BCUT2D eigenvalue weighted by molar-refractivity contribution is 5.80. The van der Waals surface area contributed by atoms with Crippen LogP contribution in [0.4, 0.5) is 0 Å². The van der Waals surface area contributed by atoms with Crippen molar-refractivity contribution in [3.05, 3.63) is 0 Å². The fraction of sp³-hybridized carbons (Fsp3) is 0.923. The van der Waals surface area contributed by atoms with Gasteiger partial charge in [0.1, 0.15) is 0 Å². The summed E-state index contributed by atoms with van der Waals surface area (Å²) in [4.78, 5) is 19.0. The van der Waals surface area contributed by atoms with Gasteiger partial charge >= 0.3 is 0 Å². The molecule has 4 nitrogen and oxygen atoms in total. The number of hydrogen-bond acceptors (Lipinski definition) is 3. The Labute approximate surface area is 105 Å². The van der Waals surface area contributed by atoms with Crippen LogP contribution in [-0.2, 0) is 4.79 Å². The first kappa shape index (κ1) is 12.8. The number of likely N-dealkylation sites (tertiary alicyclic amines) is 1. The third-order valence-corrected chi connectivity index (χ3v) is 3.99. The SMILES string of the molecule is CN1CCN(C(=O)C2CN(C(C)(C)C)C2)CC1. The molecule has 1 amide bonds. The topological polar surface area (TPSA) is 26.8 Å². The summed E-state index contributed by atoms with van der Waals surface area (Å²) in [6.45, 7) is 12.4. The van der Waals surface area contributed by atoms with E-state index in [4.69, 9.17) is 0 Å². The quantitative estimate of drug-likeness (QED) is 0.666. The van der Waals surface area contributed by atoms with Crippen molar-refractivity contribution in [1.29, 1.82) is 0 Å². The van der Waals surface area contributed by atoms with E-state index in [2.05, 4.69) is 37.6 Å². The van der Waals surface area contributed by atoms with Crippen molar-refractivity contribution in [3.8, 4) is 0 Å². The summed E-state index contributed by atoms with van der Waals surface area (Å²) in [5.41, 5.74) is 0.207. The van der Waals surface area contributed by atoms with Gasteiger partial charge in [-0.15, -0.1) is 0 Å². The monoisotopic (exact) mass is 239 g/mol. The third-order valence-electron chi connectivity index (χ3n) is 3.99. The summed E-state index contributed by atoms with van der Waals surface area (Å²) in [5, 5.41) is 0. The van der Waals surface area contributed by atoms with Crippen molar-refractivity contribution in [2.24, 2.45) is 5.92 Å². The first-order valence-corrected chi connectivity index (χ1v) is 6.60. The number of likely N-dealkylation sites (N-methyl/N-ethyl adjacent to an activating group) is 1. The minimum absolute atomic E-state index is 0.207. The highest BCUT2D eigenvalue weighted by Crippen LogP contribution is 2.26. The van der Waals surface area contributed by atoms with Crippen LogP contribution >= 0.6 is 0 Å². The minimum Gasteiger partial charge on any atom is -0.340 e. The second-order valence-electron chi connectivity index (χ2n) is 6.40. The molecule has 17 heavy (non-hydrogen) atoms. The van der Waals surface area contributed by atoms with E-state index in [1.54, 1.807) is 0 Å². The minimum atomic E-state index is 0.207. The molecular weight excluding hydrogens is 214 g/mol. The van der Waals surface area contributed by atoms with Crippen LogP contribution in [0.15, 0.2) is 0 Å². The summed E-state index contributed by atoms with van der Waals surface area (Å²) in [6, 6.07) is 0. The molecule has 0 aromatic heterocycles. The van der Waals surface area contributed by atoms with Gasteiger partial charge in [0.15, 0.2) is 0 Å². The summed E-state index contributed by atoms with van der Waals surface area (Å²) in [5.74, 6) is 0.622. The predicted octanol–water partition coefficient (Wildman–Crippen LogP) is 0.491. The largest absolute Gasteiger partial charge is 0.340 e. The lowest BCUT2D eigenvalue weighted by atomic mass is 9.91. The second-order valence-corrected chi connectivity index (χ2v) is 6.40. The summed E-state index contributed by atoms with van der Waals surface area (Å²) >= 11 is 0.